The van der Waals surface area contributed by atoms with Crippen LogP contribution in [0.3, 0.4) is 0 Å². The van der Waals surface area contributed by atoms with E-state index in [0.29, 0.717) is 24.5 Å². The number of hydrogen-bond acceptors (Lipinski definition) is 5. The van der Waals surface area contributed by atoms with Gasteiger partial charge in [-0.3, -0.25) is 0 Å². The second kappa shape index (κ2) is 5.01. The summed E-state index contributed by atoms with van der Waals surface area (Å²) in [7, 11) is 0. The first-order valence-corrected chi connectivity index (χ1v) is 5.29. The highest BCUT2D eigenvalue weighted by Crippen LogP contribution is 2.28. The summed E-state index contributed by atoms with van der Waals surface area (Å²) in [6, 6.07) is 2.96. The van der Waals surface area contributed by atoms with Crippen molar-refractivity contribution in [2.45, 2.75) is 6.42 Å². The summed E-state index contributed by atoms with van der Waals surface area (Å²) in [6.07, 6.45) is 1.74. The molecule has 90 valence electrons. The Hall–Kier alpha value is -1.82. The summed E-state index contributed by atoms with van der Waals surface area (Å²) in [5, 5.41) is 6.52. The van der Waals surface area contributed by atoms with Crippen LogP contribution in [-0.2, 0) is 6.42 Å². The minimum absolute atomic E-state index is 0.0289. The molecule has 0 atom stereocenters. The van der Waals surface area contributed by atoms with Gasteiger partial charge in [-0.05, 0) is 12.1 Å². The monoisotopic (exact) mass is 256 g/mol. The molecule has 3 N–H and O–H groups in total. The molecule has 0 aliphatic rings. The van der Waals surface area contributed by atoms with Crippen LogP contribution < -0.4 is 11.1 Å². The van der Waals surface area contributed by atoms with E-state index < -0.39 is 5.82 Å². The molecule has 2 rings (SSSR count). The van der Waals surface area contributed by atoms with Crippen LogP contribution >= 0.6 is 11.6 Å². The number of benzene rings is 1. The zero-order chi connectivity index (χ0) is 12.3. The SMILES string of the molecule is Nc1ccc(Cl)c(F)c1NCCc1ncon1. The largest absolute Gasteiger partial charge is 0.397 e. The second-order valence-corrected chi connectivity index (χ2v) is 3.76. The molecular formula is C10H10ClFN4O. The zero-order valence-corrected chi connectivity index (χ0v) is 9.54. The van der Waals surface area contributed by atoms with Crippen LogP contribution in [0.1, 0.15) is 5.82 Å². The number of nitrogen functional groups attached to an aromatic ring is 1. The average molecular weight is 257 g/mol. The van der Waals surface area contributed by atoms with Crippen LogP contribution in [0.15, 0.2) is 23.0 Å². The van der Waals surface area contributed by atoms with E-state index in [9.17, 15) is 4.39 Å². The molecule has 2 aromatic rings. The molecular weight excluding hydrogens is 247 g/mol. The highest BCUT2D eigenvalue weighted by atomic mass is 35.5. The smallest absolute Gasteiger partial charge is 0.213 e. The molecule has 0 radical (unpaired) electrons. The Labute approximate surface area is 102 Å². The quantitative estimate of drug-likeness (QED) is 0.819. The summed E-state index contributed by atoms with van der Waals surface area (Å²) in [5.74, 6) is -0.0155. The van der Waals surface area contributed by atoms with Crippen molar-refractivity contribution in [1.82, 2.24) is 10.1 Å². The lowest BCUT2D eigenvalue weighted by Crippen LogP contribution is -2.09. The van der Waals surface area contributed by atoms with Gasteiger partial charge in [0.05, 0.1) is 16.4 Å². The predicted octanol–water partition coefficient (Wildman–Crippen LogP) is 2.10. The minimum Gasteiger partial charge on any atom is -0.397 e. The van der Waals surface area contributed by atoms with Crippen molar-refractivity contribution in [1.29, 1.82) is 0 Å². The molecule has 0 aliphatic heterocycles. The van der Waals surface area contributed by atoms with Gasteiger partial charge in [0.15, 0.2) is 11.6 Å². The Morgan fingerprint density at radius 1 is 1.47 bits per heavy atom. The molecule has 1 heterocycles. The number of nitrogens with zero attached hydrogens (tertiary/aromatic N) is 2. The maximum absolute atomic E-state index is 13.6. The Balaban J connectivity index is 2.01. The van der Waals surface area contributed by atoms with Gasteiger partial charge in [0.2, 0.25) is 6.39 Å². The van der Waals surface area contributed by atoms with Crippen LogP contribution in [0.5, 0.6) is 0 Å². The summed E-state index contributed by atoms with van der Waals surface area (Å²) >= 11 is 5.65. The number of hydrogen-bond donors (Lipinski definition) is 2. The van der Waals surface area contributed by atoms with Gasteiger partial charge in [-0.1, -0.05) is 16.8 Å². The topological polar surface area (TPSA) is 77.0 Å². The highest BCUT2D eigenvalue weighted by molar-refractivity contribution is 6.31. The molecule has 0 bridgehead atoms. The lowest BCUT2D eigenvalue weighted by atomic mass is 10.2. The van der Waals surface area contributed by atoms with Crippen LogP contribution in [0.4, 0.5) is 15.8 Å². The van der Waals surface area contributed by atoms with Crippen LogP contribution in [0, 0.1) is 5.82 Å². The molecule has 0 fully saturated rings. The number of rotatable bonds is 4. The summed E-state index contributed by atoms with van der Waals surface area (Å²) < 4.78 is 18.2. The van der Waals surface area contributed by atoms with Gasteiger partial charge in [-0.15, -0.1) is 0 Å². The molecule has 17 heavy (non-hydrogen) atoms. The maximum Gasteiger partial charge on any atom is 0.213 e. The van der Waals surface area contributed by atoms with Gasteiger partial charge < -0.3 is 15.6 Å². The van der Waals surface area contributed by atoms with Gasteiger partial charge in [0.1, 0.15) is 0 Å². The molecule has 5 nitrogen and oxygen atoms in total. The predicted molar refractivity (Wildman–Crippen MR) is 62.3 cm³/mol. The lowest BCUT2D eigenvalue weighted by molar-refractivity contribution is 0.410. The Bertz CT molecular complexity index is 503. The maximum atomic E-state index is 13.6. The Kier molecular flexibility index (Phi) is 3.43. The van der Waals surface area contributed by atoms with E-state index >= 15 is 0 Å². The van der Waals surface area contributed by atoms with Crippen molar-refractivity contribution in [3.8, 4) is 0 Å². The molecule has 0 aliphatic carbocycles. The average Bonchev–Trinajstić information content (AvgIpc) is 2.81. The third-order valence-corrected chi connectivity index (χ3v) is 2.48. The van der Waals surface area contributed by atoms with E-state index in [1.807, 2.05) is 0 Å². The first kappa shape index (κ1) is 11.7. The fraction of sp³-hybridized carbons (Fsp3) is 0.200. The normalized spacial score (nSPS) is 10.5. The molecule has 0 unspecified atom stereocenters. The van der Waals surface area contributed by atoms with Gasteiger partial charge in [0.25, 0.3) is 0 Å². The number of nitrogens with one attached hydrogen (secondary N) is 1. The van der Waals surface area contributed by atoms with Crippen molar-refractivity contribution in [3.63, 3.8) is 0 Å². The first-order chi connectivity index (χ1) is 8.18. The molecule has 0 amide bonds. The number of halogens is 2. The van der Waals surface area contributed by atoms with E-state index in [1.165, 1.54) is 12.5 Å². The van der Waals surface area contributed by atoms with Gasteiger partial charge in [-0.25, -0.2) is 4.39 Å². The summed E-state index contributed by atoms with van der Waals surface area (Å²) in [6.45, 7) is 0.432. The molecule has 1 aromatic carbocycles. The lowest BCUT2D eigenvalue weighted by Gasteiger charge is -2.10. The fourth-order valence-corrected chi connectivity index (χ4v) is 1.50. The van der Waals surface area contributed by atoms with E-state index in [1.54, 1.807) is 6.07 Å². The number of anilines is 2. The third kappa shape index (κ3) is 2.65. The molecule has 0 saturated carbocycles. The first-order valence-electron chi connectivity index (χ1n) is 4.91. The molecule has 0 saturated heterocycles. The van der Waals surface area contributed by atoms with E-state index in [0.717, 1.165) is 0 Å². The third-order valence-electron chi connectivity index (χ3n) is 2.18. The van der Waals surface area contributed by atoms with Crippen molar-refractivity contribution >= 4 is 23.0 Å². The number of nitrogens with two attached hydrogens (primary N) is 1. The van der Waals surface area contributed by atoms with Gasteiger partial charge >= 0.3 is 0 Å². The second-order valence-electron chi connectivity index (χ2n) is 3.35. The van der Waals surface area contributed by atoms with Crippen LogP contribution in [0.25, 0.3) is 0 Å². The zero-order valence-electron chi connectivity index (χ0n) is 8.78. The van der Waals surface area contributed by atoms with E-state index in [2.05, 4.69) is 20.0 Å². The number of aromatic nitrogens is 2. The fourth-order valence-electron chi connectivity index (χ4n) is 1.35. The minimum atomic E-state index is -0.556. The standard InChI is InChI=1S/C10H10ClFN4O/c11-6-1-2-7(13)10(9(6)12)14-4-3-8-15-5-17-16-8/h1-2,5,14H,3-4,13H2. The molecule has 1 aromatic heterocycles. The van der Waals surface area contributed by atoms with Gasteiger partial charge in [0, 0.05) is 13.0 Å². The summed E-state index contributed by atoms with van der Waals surface area (Å²) in [4.78, 5) is 3.84. The van der Waals surface area contributed by atoms with Crippen molar-refractivity contribution in [3.05, 3.63) is 35.2 Å². The highest BCUT2D eigenvalue weighted by Gasteiger charge is 2.10. The van der Waals surface area contributed by atoms with Crippen molar-refractivity contribution in [2.24, 2.45) is 0 Å². The molecule has 7 heteroatoms. The van der Waals surface area contributed by atoms with Crippen LogP contribution in [0.2, 0.25) is 5.02 Å². The van der Waals surface area contributed by atoms with Crippen LogP contribution in [-0.4, -0.2) is 16.7 Å². The Morgan fingerprint density at radius 3 is 3.00 bits per heavy atom. The van der Waals surface area contributed by atoms with Gasteiger partial charge in [-0.2, -0.15) is 4.98 Å². The molecule has 0 spiro atoms. The van der Waals surface area contributed by atoms with Crippen molar-refractivity contribution < 1.29 is 8.91 Å². The van der Waals surface area contributed by atoms with E-state index in [4.69, 9.17) is 17.3 Å². The van der Waals surface area contributed by atoms with Crippen molar-refractivity contribution in [2.75, 3.05) is 17.6 Å². The Morgan fingerprint density at radius 2 is 2.29 bits per heavy atom. The van der Waals surface area contributed by atoms with E-state index in [-0.39, 0.29) is 10.7 Å². The summed E-state index contributed by atoms with van der Waals surface area (Å²) in [5.41, 5.74) is 6.14.